The van der Waals surface area contributed by atoms with Gasteiger partial charge in [-0.15, -0.1) is 0 Å². The zero-order chi connectivity index (χ0) is 14.3. The van der Waals surface area contributed by atoms with Crippen LogP contribution in [0, 0.1) is 6.92 Å². The van der Waals surface area contributed by atoms with Crippen LogP contribution >= 0.6 is 0 Å². The van der Waals surface area contributed by atoms with Crippen molar-refractivity contribution in [2.45, 2.75) is 52.1 Å². The number of halogens is 3. The Morgan fingerprint density at radius 1 is 1.05 bits per heavy atom. The van der Waals surface area contributed by atoms with E-state index in [1.165, 1.54) is 31.4 Å². The summed E-state index contributed by atoms with van der Waals surface area (Å²) in [5.41, 5.74) is 0.846. The largest absolute Gasteiger partial charge is 0.416 e. The van der Waals surface area contributed by atoms with Crippen LogP contribution in [0.25, 0.3) is 0 Å². The summed E-state index contributed by atoms with van der Waals surface area (Å²) in [6.07, 6.45) is 1.46. The minimum Gasteiger partial charge on any atom is -0.385 e. The van der Waals surface area contributed by atoms with Crippen molar-refractivity contribution < 1.29 is 13.2 Å². The van der Waals surface area contributed by atoms with Crippen molar-refractivity contribution in [3.63, 3.8) is 0 Å². The van der Waals surface area contributed by atoms with Crippen molar-refractivity contribution >= 4 is 5.69 Å². The summed E-state index contributed by atoms with van der Waals surface area (Å²) >= 11 is 0. The van der Waals surface area contributed by atoms with E-state index >= 15 is 0 Å². The zero-order valence-corrected chi connectivity index (χ0v) is 11.6. The second-order valence-electron chi connectivity index (χ2n) is 4.87. The SMILES string of the molecule is CCCCCCCNc1cc(C(F)(F)F)ccc1C. The van der Waals surface area contributed by atoms with Gasteiger partial charge >= 0.3 is 6.18 Å². The number of benzene rings is 1. The highest BCUT2D eigenvalue weighted by molar-refractivity contribution is 5.53. The molecule has 0 fully saturated rings. The summed E-state index contributed by atoms with van der Waals surface area (Å²) in [6.45, 7) is 4.70. The van der Waals surface area contributed by atoms with Gasteiger partial charge in [-0.3, -0.25) is 0 Å². The summed E-state index contributed by atoms with van der Waals surface area (Å²) in [5, 5.41) is 3.10. The molecular weight excluding hydrogens is 251 g/mol. The normalized spacial score (nSPS) is 11.6. The average Bonchev–Trinajstić information content (AvgIpc) is 2.34. The van der Waals surface area contributed by atoms with Gasteiger partial charge in [-0.1, -0.05) is 38.7 Å². The van der Waals surface area contributed by atoms with Crippen molar-refractivity contribution in [3.8, 4) is 0 Å². The van der Waals surface area contributed by atoms with Crippen LogP contribution in [0.2, 0.25) is 0 Å². The molecule has 0 bridgehead atoms. The molecular formula is C15H22F3N. The first-order valence-corrected chi connectivity index (χ1v) is 6.87. The molecule has 4 heteroatoms. The number of alkyl halides is 3. The van der Waals surface area contributed by atoms with Gasteiger partial charge in [0.1, 0.15) is 0 Å². The van der Waals surface area contributed by atoms with Crippen LogP contribution in [0.15, 0.2) is 18.2 Å². The first kappa shape index (κ1) is 15.9. The Hall–Kier alpha value is -1.19. The fourth-order valence-electron chi connectivity index (χ4n) is 1.94. The molecule has 0 aliphatic rings. The highest BCUT2D eigenvalue weighted by atomic mass is 19.4. The quantitative estimate of drug-likeness (QED) is 0.656. The molecule has 0 saturated heterocycles. The number of hydrogen-bond donors (Lipinski definition) is 1. The molecule has 1 aromatic carbocycles. The predicted molar refractivity (Wildman–Crippen MR) is 73.4 cm³/mol. The second kappa shape index (κ2) is 7.41. The van der Waals surface area contributed by atoms with E-state index in [0.29, 0.717) is 5.69 Å². The molecule has 1 nitrogen and oxygen atoms in total. The van der Waals surface area contributed by atoms with Crippen molar-refractivity contribution in [1.82, 2.24) is 0 Å². The summed E-state index contributed by atoms with van der Waals surface area (Å²) in [7, 11) is 0. The first-order valence-electron chi connectivity index (χ1n) is 6.87. The summed E-state index contributed by atoms with van der Waals surface area (Å²) < 4.78 is 37.8. The molecule has 108 valence electrons. The van der Waals surface area contributed by atoms with Crippen LogP contribution in [-0.4, -0.2) is 6.54 Å². The molecule has 0 amide bonds. The second-order valence-corrected chi connectivity index (χ2v) is 4.87. The fourth-order valence-corrected chi connectivity index (χ4v) is 1.94. The summed E-state index contributed by atoms with van der Waals surface area (Å²) in [4.78, 5) is 0. The van der Waals surface area contributed by atoms with Crippen LogP contribution in [-0.2, 0) is 6.18 Å². The smallest absolute Gasteiger partial charge is 0.385 e. The molecule has 0 spiro atoms. The molecule has 0 radical (unpaired) electrons. The molecule has 1 rings (SSSR count). The van der Waals surface area contributed by atoms with Gasteiger partial charge in [-0.2, -0.15) is 13.2 Å². The standard InChI is InChI=1S/C15H22F3N/c1-3-4-5-6-7-10-19-14-11-13(15(16,17)18)9-8-12(14)2/h8-9,11,19H,3-7,10H2,1-2H3. The van der Waals surface area contributed by atoms with Crippen LogP contribution in [0.3, 0.4) is 0 Å². The molecule has 0 aliphatic carbocycles. The maximum atomic E-state index is 12.6. The number of hydrogen-bond acceptors (Lipinski definition) is 1. The van der Waals surface area contributed by atoms with E-state index < -0.39 is 11.7 Å². The van der Waals surface area contributed by atoms with Crippen molar-refractivity contribution in [3.05, 3.63) is 29.3 Å². The number of anilines is 1. The average molecular weight is 273 g/mol. The van der Waals surface area contributed by atoms with Crippen LogP contribution < -0.4 is 5.32 Å². The van der Waals surface area contributed by atoms with Crippen molar-refractivity contribution in [2.24, 2.45) is 0 Å². The summed E-state index contributed by atoms with van der Waals surface area (Å²) in [5.74, 6) is 0. The first-order chi connectivity index (χ1) is 8.95. The Morgan fingerprint density at radius 2 is 1.74 bits per heavy atom. The van der Waals surface area contributed by atoms with Gasteiger partial charge in [0, 0.05) is 12.2 Å². The molecule has 0 aromatic heterocycles. The predicted octanol–water partition coefficient (Wildman–Crippen LogP) is 5.40. The minimum atomic E-state index is -4.27. The summed E-state index contributed by atoms with van der Waals surface area (Å²) in [6, 6.07) is 3.84. The van der Waals surface area contributed by atoms with E-state index in [1.54, 1.807) is 0 Å². The number of unbranched alkanes of at least 4 members (excludes halogenated alkanes) is 4. The Bertz CT molecular complexity index is 385. The molecule has 0 atom stereocenters. The van der Waals surface area contributed by atoms with E-state index in [-0.39, 0.29) is 0 Å². The highest BCUT2D eigenvalue weighted by Gasteiger charge is 2.30. The molecule has 0 saturated carbocycles. The Labute approximate surface area is 113 Å². The van der Waals surface area contributed by atoms with Gasteiger partial charge in [0.05, 0.1) is 5.56 Å². The fraction of sp³-hybridized carbons (Fsp3) is 0.600. The number of rotatable bonds is 7. The molecule has 0 heterocycles. The van der Waals surface area contributed by atoms with Gasteiger partial charge in [0.15, 0.2) is 0 Å². The lowest BCUT2D eigenvalue weighted by Crippen LogP contribution is -2.08. The van der Waals surface area contributed by atoms with E-state index in [2.05, 4.69) is 12.2 Å². The van der Waals surface area contributed by atoms with E-state index in [0.717, 1.165) is 31.0 Å². The van der Waals surface area contributed by atoms with Gasteiger partial charge < -0.3 is 5.32 Å². The van der Waals surface area contributed by atoms with Gasteiger partial charge in [0.25, 0.3) is 0 Å². The maximum absolute atomic E-state index is 12.6. The number of aryl methyl sites for hydroxylation is 1. The topological polar surface area (TPSA) is 12.0 Å². The Balaban J connectivity index is 2.49. The lowest BCUT2D eigenvalue weighted by molar-refractivity contribution is -0.137. The molecule has 0 aliphatic heterocycles. The highest BCUT2D eigenvalue weighted by Crippen LogP contribution is 2.32. The van der Waals surface area contributed by atoms with Crippen LogP contribution in [0.5, 0.6) is 0 Å². The Kier molecular flexibility index (Phi) is 6.19. The lowest BCUT2D eigenvalue weighted by atomic mass is 10.1. The van der Waals surface area contributed by atoms with Crippen LogP contribution in [0.4, 0.5) is 18.9 Å². The van der Waals surface area contributed by atoms with Gasteiger partial charge in [0.2, 0.25) is 0 Å². The van der Waals surface area contributed by atoms with E-state index in [4.69, 9.17) is 0 Å². The van der Waals surface area contributed by atoms with Crippen LogP contribution in [0.1, 0.15) is 50.2 Å². The third kappa shape index (κ3) is 5.53. The van der Waals surface area contributed by atoms with Crippen molar-refractivity contribution in [1.29, 1.82) is 0 Å². The van der Waals surface area contributed by atoms with E-state index in [1.807, 2.05) is 6.92 Å². The zero-order valence-electron chi connectivity index (χ0n) is 11.6. The molecule has 1 N–H and O–H groups in total. The van der Waals surface area contributed by atoms with Gasteiger partial charge in [-0.25, -0.2) is 0 Å². The minimum absolute atomic E-state index is 0.588. The maximum Gasteiger partial charge on any atom is 0.416 e. The van der Waals surface area contributed by atoms with Crippen molar-refractivity contribution in [2.75, 3.05) is 11.9 Å². The number of nitrogens with one attached hydrogen (secondary N) is 1. The van der Waals surface area contributed by atoms with Gasteiger partial charge in [-0.05, 0) is 31.0 Å². The monoisotopic (exact) mass is 273 g/mol. The molecule has 1 aromatic rings. The lowest BCUT2D eigenvalue weighted by Gasteiger charge is -2.13. The molecule has 0 unspecified atom stereocenters. The van der Waals surface area contributed by atoms with E-state index in [9.17, 15) is 13.2 Å². The third-order valence-corrected chi connectivity index (χ3v) is 3.16. The third-order valence-electron chi connectivity index (χ3n) is 3.16. The molecule has 19 heavy (non-hydrogen) atoms. The Morgan fingerprint density at radius 3 is 2.37 bits per heavy atom.